The fraction of sp³-hybridized carbons (Fsp3) is 0.227. The van der Waals surface area contributed by atoms with Crippen LogP contribution in [0.15, 0.2) is 58.7 Å². The summed E-state index contributed by atoms with van der Waals surface area (Å²) in [6, 6.07) is 13.6. The summed E-state index contributed by atoms with van der Waals surface area (Å²) >= 11 is 1.68. The lowest BCUT2D eigenvalue weighted by Crippen LogP contribution is -2.37. The molecule has 2 aliphatic rings. The van der Waals surface area contributed by atoms with Gasteiger partial charge in [-0.2, -0.15) is 0 Å². The van der Waals surface area contributed by atoms with Crippen LogP contribution in [0.5, 0.6) is 0 Å². The maximum atomic E-state index is 13.6. The SMILES string of the molecule is CCOC(=O)N1C=Nc2ccccc2C1c1c(-c2ccc(F)cc2)nc2n1CCS2. The number of thioether (sulfide) groups is 1. The van der Waals surface area contributed by atoms with Gasteiger partial charge in [-0.25, -0.2) is 19.2 Å². The zero-order chi connectivity index (χ0) is 20.7. The van der Waals surface area contributed by atoms with Crippen LogP contribution < -0.4 is 0 Å². The molecule has 5 rings (SSSR count). The van der Waals surface area contributed by atoms with Gasteiger partial charge in [-0.1, -0.05) is 30.0 Å². The maximum absolute atomic E-state index is 13.6. The molecule has 1 atom stereocenters. The van der Waals surface area contributed by atoms with Gasteiger partial charge in [0.15, 0.2) is 5.16 Å². The average molecular weight is 422 g/mol. The Hall–Kier alpha value is -3.13. The molecule has 2 aromatic carbocycles. The van der Waals surface area contributed by atoms with Crippen molar-refractivity contribution >= 4 is 29.9 Å². The van der Waals surface area contributed by atoms with Crippen LogP contribution >= 0.6 is 11.8 Å². The number of para-hydroxylation sites is 1. The number of imidazole rings is 1. The molecule has 3 heterocycles. The van der Waals surface area contributed by atoms with E-state index in [1.54, 1.807) is 30.8 Å². The van der Waals surface area contributed by atoms with E-state index >= 15 is 0 Å². The highest BCUT2D eigenvalue weighted by Crippen LogP contribution is 2.44. The maximum Gasteiger partial charge on any atom is 0.415 e. The van der Waals surface area contributed by atoms with Crippen molar-refractivity contribution in [2.24, 2.45) is 4.99 Å². The van der Waals surface area contributed by atoms with Gasteiger partial charge >= 0.3 is 6.09 Å². The van der Waals surface area contributed by atoms with E-state index in [2.05, 4.69) is 9.56 Å². The zero-order valence-corrected chi connectivity index (χ0v) is 17.1. The molecule has 0 bridgehead atoms. The quantitative estimate of drug-likeness (QED) is 0.595. The lowest BCUT2D eigenvalue weighted by molar-refractivity contribution is 0.121. The fourth-order valence-electron chi connectivity index (χ4n) is 3.90. The summed E-state index contributed by atoms with van der Waals surface area (Å²) in [6.07, 6.45) is 1.06. The normalized spacial score (nSPS) is 17.0. The van der Waals surface area contributed by atoms with Gasteiger partial charge in [0.2, 0.25) is 0 Å². The monoisotopic (exact) mass is 422 g/mol. The Morgan fingerprint density at radius 1 is 1.23 bits per heavy atom. The predicted octanol–water partition coefficient (Wildman–Crippen LogP) is 5.02. The van der Waals surface area contributed by atoms with Crippen LogP contribution in [0.1, 0.15) is 24.2 Å². The number of fused-ring (bicyclic) bond motifs is 2. The third kappa shape index (κ3) is 3.08. The van der Waals surface area contributed by atoms with Gasteiger partial charge < -0.3 is 9.30 Å². The van der Waals surface area contributed by atoms with Crippen LogP contribution in [-0.2, 0) is 11.3 Å². The first-order valence-electron chi connectivity index (χ1n) is 9.74. The first-order valence-corrected chi connectivity index (χ1v) is 10.7. The summed E-state index contributed by atoms with van der Waals surface area (Å²) in [6.45, 7) is 2.83. The Morgan fingerprint density at radius 2 is 2.03 bits per heavy atom. The molecule has 0 fully saturated rings. The summed E-state index contributed by atoms with van der Waals surface area (Å²) < 4.78 is 21.0. The molecule has 30 heavy (non-hydrogen) atoms. The number of hydrogen-bond donors (Lipinski definition) is 0. The standard InChI is InChI=1S/C22H19FN4O2S/c1-2-29-22(28)27-13-24-17-6-4-3-5-16(17)19(27)20-18(14-7-9-15(23)10-8-14)25-21-26(20)11-12-30-21/h3-10,13,19H,2,11-12H2,1H3. The third-order valence-electron chi connectivity index (χ3n) is 5.20. The van der Waals surface area contributed by atoms with Gasteiger partial charge in [-0.3, -0.25) is 4.90 Å². The van der Waals surface area contributed by atoms with Gasteiger partial charge in [-0.15, -0.1) is 0 Å². The van der Waals surface area contributed by atoms with Crippen molar-refractivity contribution in [1.82, 2.24) is 14.5 Å². The highest BCUT2D eigenvalue weighted by Gasteiger charge is 2.38. The lowest BCUT2D eigenvalue weighted by atomic mass is 9.95. The van der Waals surface area contributed by atoms with Crippen LogP contribution in [0.3, 0.4) is 0 Å². The minimum atomic E-state index is -0.466. The molecule has 0 radical (unpaired) electrons. The molecule has 0 aliphatic carbocycles. The zero-order valence-electron chi connectivity index (χ0n) is 16.3. The van der Waals surface area contributed by atoms with Gasteiger partial charge in [0.1, 0.15) is 18.2 Å². The summed E-state index contributed by atoms with van der Waals surface area (Å²) in [5.41, 5.74) is 4.12. The Labute approximate surface area is 177 Å². The molecule has 1 amide bonds. The Bertz CT molecular complexity index is 1140. The van der Waals surface area contributed by atoms with Gasteiger partial charge in [-0.05, 0) is 37.3 Å². The number of rotatable bonds is 3. The molecule has 1 unspecified atom stereocenters. The summed E-state index contributed by atoms with van der Waals surface area (Å²) in [5.74, 6) is 0.616. The van der Waals surface area contributed by atoms with Gasteiger partial charge in [0.05, 0.1) is 23.7 Å². The van der Waals surface area contributed by atoms with Crippen molar-refractivity contribution < 1.29 is 13.9 Å². The Kier molecular flexibility index (Phi) is 4.78. The highest BCUT2D eigenvalue weighted by molar-refractivity contribution is 7.99. The largest absolute Gasteiger partial charge is 0.449 e. The number of halogens is 1. The fourth-order valence-corrected chi connectivity index (χ4v) is 4.86. The smallest absolute Gasteiger partial charge is 0.415 e. The number of aromatic nitrogens is 2. The Balaban J connectivity index is 1.73. The van der Waals surface area contributed by atoms with E-state index in [0.29, 0.717) is 0 Å². The second kappa shape index (κ2) is 7.60. The van der Waals surface area contributed by atoms with E-state index in [0.717, 1.165) is 45.7 Å². The molecule has 6 nitrogen and oxygen atoms in total. The number of amides is 1. The number of nitrogens with zero attached hydrogens (tertiary/aromatic N) is 4. The first kappa shape index (κ1) is 18.9. The number of aliphatic imine (C=N–C) groups is 1. The molecule has 0 spiro atoms. The van der Waals surface area contributed by atoms with Crippen molar-refractivity contribution in [3.8, 4) is 11.3 Å². The number of carbonyl (C=O) groups is 1. The minimum absolute atomic E-state index is 0.267. The molecular formula is C22H19FN4O2S. The molecule has 3 aromatic rings. The van der Waals surface area contributed by atoms with E-state index in [1.807, 2.05) is 24.3 Å². The molecule has 152 valence electrons. The number of ether oxygens (including phenoxy) is 1. The minimum Gasteiger partial charge on any atom is -0.449 e. The van der Waals surface area contributed by atoms with Crippen molar-refractivity contribution in [1.29, 1.82) is 0 Å². The van der Waals surface area contributed by atoms with Crippen molar-refractivity contribution in [3.05, 3.63) is 65.6 Å². The van der Waals surface area contributed by atoms with Crippen molar-refractivity contribution in [2.45, 2.75) is 24.7 Å². The van der Waals surface area contributed by atoms with E-state index in [-0.39, 0.29) is 12.4 Å². The molecule has 1 aromatic heterocycles. The van der Waals surface area contributed by atoms with E-state index in [1.165, 1.54) is 23.4 Å². The van der Waals surface area contributed by atoms with Crippen LogP contribution in [-0.4, -0.2) is 39.2 Å². The van der Waals surface area contributed by atoms with E-state index in [4.69, 9.17) is 9.72 Å². The van der Waals surface area contributed by atoms with Gasteiger partial charge in [0, 0.05) is 23.4 Å². The molecular weight excluding hydrogens is 403 g/mol. The highest BCUT2D eigenvalue weighted by atomic mass is 32.2. The summed E-state index contributed by atoms with van der Waals surface area (Å²) in [4.78, 5) is 23.7. The molecule has 0 N–H and O–H groups in total. The molecule has 0 saturated carbocycles. The third-order valence-corrected chi connectivity index (χ3v) is 6.16. The average Bonchev–Trinajstić information content (AvgIpc) is 3.35. The number of hydrogen-bond acceptors (Lipinski definition) is 5. The van der Waals surface area contributed by atoms with Crippen molar-refractivity contribution in [3.63, 3.8) is 0 Å². The number of carbonyl (C=O) groups excluding carboxylic acids is 1. The van der Waals surface area contributed by atoms with Gasteiger partial charge in [0.25, 0.3) is 0 Å². The molecule has 8 heteroatoms. The number of benzene rings is 2. The first-order chi connectivity index (χ1) is 14.7. The second-order valence-electron chi connectivity index (χ2n) is 6.95. The van der Waals surface area contributed by atoms with Crippen LogP contribution in [0.4, 0.5) is 14.9 Å². The van der Waals surface area contributed by atoms with Crippen LogP contribution in [0.2, 0.25) is 0 Å². The molecule has 2 aliphatic heterocycles. The second-order valence-corrected chi connectivity index (χ2v) is 8.01. The lowest BCUT2D eigenvalue weighted by Gasteiger charge is -2.32. The predicted molar refractivity (Wildman–Crippen MR) is 114 cm³/mol. The van der Waals surface area contributed by atoms with E-state index in [9.17, 15) is 9.18 Å². The Morgan fingerprint density at radius 3 is 2.83 bits per heavy atom. The topological polar surface area (TPSA) is 59.7 Å². The van der Waals surface area contributed by atoms with Crippen LogP contribution in [0.25, 0.3) is 11.3 Å². The summed E-state index contributed by atoms with van der Waals surface area (Å²) in [7, 11) is 0. The van der Waals surface area contributed by atoms with Crippen molar-refractivity contribution in [2.75, 3.05) is 12.4 Å². The van der Waals surface area contributed by atoms with Crippen LogP contribution in [0, 0.1) is 5.82 Å². The van der Waals surface area contributed by atoms with E-state index < -0.39 is 12.1 Å². The molecule has 0 saturated heterocycles. The summed E-state index contributed by atoms with van der Waals surface area (Å²) in [5, 5.41) is 0.896.